The molecule has 5 nitrogen and oxygen atoms in total. The molecule has 2 rings (SSSR count). The van der Waals surface area contributed by atoms with Gasteiger partial charge in [-0.05, 0) is 33.6 Å². The Hall–Kier alpha value is -0.530. The van der Waals surface area contributed by atoms with E-state index in [4.69, 9.17) is 9.47 Å². The molecule has 102 valence electrons. The fourth-order valence-electron chi connectivity index (χ4n) is 2.40. The molecular weight excluding hydrogens is 349 g/mol. The van der Waals surface area contributed by atoms with Gasteiger partial charge in [0.2, 0.25) is 0 Å². The predicted molar refractivity (Wildman–Crippen MR) is 73.6 cm³/mol. The fraction of sp³-hybridized carbons (Fsp3) is 0.833. The van der Waals surface area contributed by atoms with Gasteiger partial charge in [-0.25, -0.2) is 4.79 Å². The molecule has 1 heterocycles. The lowest BCUT2D eigenvalue weighted by atomic mass is 9.85. The number of ether oxygens (including phenoxy) is 2. The number of amides is 1. The Morgan fingerprint density at radius 3 is 2.72 bits per heavy atom. The van der Waals surface area contributed by atoms with Crippen molar-refractivity contribution >= 4 is 34.7 Å². The minimum atomic E-state index is -0.535. The molecule has 0 aromatic carbocycles. The first-order valence-electron chi connectivity index (χ1n) is 6.12. The lowest BCUT2D eigenvalue weighted by Gasteiger charge is -2.31. The third kappa shape index (κ3) is 2.89. The highest BCUT2D eigenvalue weighted by Crippen LogP contribution is 2.38. The maximum absolute atomic E-state index is 11.8. The standard InChI is InChI=1S/C12H18INO4/c1-12(2,3)18-11(16)14-8-6-4-5-7(13)9(8)17-10(6)15/h6-9H,4-5H2,1-3H3,(H,14,16)/t6-,7-,8-,9+/m1/s1. The van der Waals surface area contributed by atoms with Crippen LogP contribution in [0, 0.1) is 5.92 Å². The minimum absolute atomic E-state index is 0.194. The fourth-order valence-corrected chi connectivity index (χ4v) is 3.35. The van der Waals surface area contributed by atoms with Gasteiger partial charge in [-0.15, -0.1) is 0 Å². The molecule has 0 aromatic rings. The van der Waals surface area contributed by atoms with Crippen molar-refractivity contribution in [2.75, 3.05) is 0 Å². The summed E-state index contributed by atoms with van der Waals surface area (Å²) in [5, 5.41) is 2.79. The number of nitrogens with one attached hydrogen (secondary N) is 1. The quantitative estimate of drug-likeness (QED) is 0.438. The largest absolute Gasteiger partial charge is 0.459 e. The molecule has 2 fully saturated rings. The topological polar surface area (TPSA) is 64.6 Å². The van der Waals surface area contributed by atoms with Gasteiger partial charge >= 0.3 is 12.1 Å². The van der Waals surface area contributed by atoms with Gasteiger partial charge in [-0.1, -0.05) is 22.6 Å². The van der Waals surface area contributed by atoms with Crippen LogP contribution in [0.3, 0.4) is 0 Å². The summed E-state index contributed by atoms with van der Waals surface area (Å²) in [5.74, 6) is -0.409. The van der Waals surface area contributed by atoms with Crippen LogP contribution in [0.5, 0.6) is 0 Å². The zero-order valence-electron chi connectivity index (χ0n) is 10.7. The van der Waals surface area contributed by atoms with E-state index < -0.39 is 11.7 Å². The smallest absolute Gasteiger partial charge is 0.408 e. The molecule has 2 bridgehead atoms. The molecule has 4 atom stereocenters. The normalized spacial score (nSPS) is 35.0. The van der Waals surface area contributed by atoms with Crippen LogP contribution in [0.25, 0.3) is 0 Å². The van der Waals surface area contributed by atoms with Crippen molar-refractivity contribution in [3.8, 4) is 0 Å². The Morgan fingerprint density at radius 2 is 2.11 bits per heavy atom. The highest BCUT2D eigenvalue weighted by atomic mass is 127. The summed E-state index contributed by atoms with van der Waals surface area (Å²) in [4.78, 5) is 23.4. The molecule has 1 saturated heterocycles. The molecule has 0 unspecified atom stereocenters. The lowest BCUT2D eigenvalue weighted by Crippen LogP contribution is -2.51. The number of carbonyl (C=O) groups excluding carboxylic acids is 2. The summed E-state index contributed by atoms with van der Waals surface area (Å²) in [6.45, 7) is 5.43. The molecule has 1 aliphatic carbocycles. The van der Waals surface area contributed by atoms with Crippen LogP contribution in [-0.4, -0.2) is 33.7 Å². The highest BCUT2D eigenvalue weighted by molar-refractivity contribution is 14.1. The van der Waals surface area contributed by atoms with Crippen LogP contribution in [0.2, 0.25) is 0 Å². The summed E-state index contributed by atoms with van der Waals surface area (Å²) < 4.78 is 10.8. The molecule has 0 aromatic heterocycles. The van der Waals surface area contributed by atoms with Gasteiger partial charge in [0.1, 0.15) is 11.7 Å². The zero-order valence-corrected chi connectivity index (χ0v) is 12.9. The Kier molecular flexibility index (Phi) is 3.75. The van der Waals surface area contributed by atoms with Crippen molar-refractivity contribution in [3.05, 3.63) is 0 Å². The van der Waals surface area contributed by atoms with E-state index in [0.29, 0.717) is 0 Å². The first kappa shape index (κ1) is 13.9. The number of esters is 1. The van der Waals surface area contributed by atoms with Crippen LogP contribution < -0.4 is 5.32 Å². The van der Waals surface area contributed by atoms with Crippen molar-refractivity contribution in [2.45, 2.75) is 55.3 Å². The van der Waals surface area contributed by atoms with Gasteiger partial charge in [0, 0.05) is 0 Å². The van der Waals surface area contributed by atoms with E-state index in [1.807, 2.05) is 20.8 Å². The number of alkyl carbamates (subject to hydrolysis) is 1. The molecule has 6 heteroatoms. The van der Waals surface area contributed by atoms with E-state index in [-0.39, 0.29) is 28.0 Å². The van der Waals surface area contributed by atoms with E-state index in [1.165, 1.54) is 0 Å². The zero-order chi connectivity index (χ0) is 13.5. The SMILES string of the molecule is CC(C)(C)OC(=O)N[C@H]1[C@H]2OC(=O)[C@@H]1CC[C@H]2I. The summed E-state index contributed by atoms with van der Waals surface area (Å²) in [7, 11) is 0. The maximum atomic E-state index is 11.8. The molecule has 1 amide bonds. The average molecular weight is 367 g/mol. The second-order valence-electron chi connectivity index (χ2n) is 5.77. The van der Waals surface area contributed by atoms with Crippen LogP contribution >= 0.6 is 22.6 Å². The second-order valence-corrected chi connectivity index (χ2v) is 7.37. The van der Waals surface area contributed by atoms with E-state index in [9.17, 15) is 9.59 Å². The first-order valence-corrected chi connectivity index (χ1v) is 7.36. The summed E-state index contributed by atoms with van der Waals surface area (Å²) in [6, 6.07) is -0.247. The van der Waals surface area contributed by atoms with Crippen molar-refractivity contribution in [3.63, 3.8) is 0 Å². The molecule has 2 aliphatic rings. The Bertz CT molecular complexity index is 366. The molecular formula is C12H18INO4. The Morgan fingerprint density at radius 1 is 1.44 bits per heavy atom. The third-order valence-corrected chi connectivity index (χ3v) is 4.47. The van der Waals surface area contributed by atoms with E-state index in [0.717, 1.165) is 12.8 Å². The van der Waals surface area contributed by atoms with Gasteiger partial charge in [0.15, 0.2) is 0 Å². The van der Waals surface area contributed by atoms with E-state index in [1.54, 1.807) is 0 Å². The number of carbonyl (C=O) groups is 2. The molecule has 1 aliphatic heterocycles. The average Bonchev–Trinajstić information content (AvgIpc) is 2.40. The van der Waals surface area contributed by atoms with Crippen LogP contribution in [0.4, 0.5) is 4.79 Å². The van der Waals surface area contributed by atoms with Gasteiger partial charge < -0.3 is 14.8 Å². The summed E-state index contributed by atoms with van der Waals surface area (Å²) >= 11 is 2.28. The molecule has 1 N–H and O–H groups in total. The number of fused-ring (bicyclic) bond motifs is 2. The predicted octanol–water partition coefficient (Wildman–Crippen LogP) is 2.02. The summed E-state index contributed by atoms with van der Waals surface area (Å²) in [5.41, 5.74) is -0.535. The van der Waals surface area contributed by atoms with Gasteiger partial charge in [0.05, 0.1) is 15.9 Å². The summed E-state index contributed by atoms with van der Waals surface area (Å²) in [6.07, 6.45) is 1.02. The van der Waals surface area contributed by atoms with Crippen molar-refractivity contribution < 1.29 is 19.1 Å². The van der Waals surface area contributed by atoms with Crippen molar-refractivity contribution in [2.24, 2.45) is 5.92 Å². The molecule has 18 heavy (non-hydrogen) atoms. The minimum Gasteiger partial charge on any atom is -0.459 e. The maximum Gasteiger partial charge on any atom is 0.408 e. The highest BCUT2D eigenvalue weighted by Gasteiger charge is 2.51. The van der Waals surface area contributed by atoms with Gasteiger partial charge in [-0.3, -0.25) is 4.79 Å². The Labute approximate surface area is 120 Å². The second kappa shape index (κ2) is 4.86. The number of hydrogen-bond donors (Lipinski definition) is 1. The molecule has 1 saturated carbocycles. The number of hydrogen-bond acceptors (Lipinski definition) is 4. The van der Waals surface area contributed by atoms with Crippen LogP contribution in [0.15, 0.2) is 0 Å². The molecule has 0 radical (unpaired) electrons. The van der Waals surface area contributed by atoms with Gasteiger partial charge in [0.25, 0.3) is 0 Å². The van der Waals surface area contributed by atoms with Crippen LogP contribution in [0.1, 0.15) is 33.6 Å². The number of halogens is 1. The number of rotatable bonds is 1. The van der Waals surface area contributed by atoms with E-state index in [2.05, 4.69) is 27.9 Å². The first-order chi connectivity index (χ1) is 8.28. The van der Waals surface area contributed by atoms with Crippen LogP contribution in [-0.2, 0) is 14.3 Å². The number of alkyl halides is 1. The lowest BCUT2D eigenvalue weighted by molar-refractivity contribution is -0.143. The molecule has 0 spiro atoms. The Balaban J connectivity index is 2.01. The van der Waals surface area contributed by atoms with Crippen molar-refractivity contribution in [1.29, 1.82) is 0 Å². The monoisotopic (exact) mass is 367 g/mol. The van der Waals surface area contributed by atoms with Gasteiger partial charge in [-0.2, -0.15) is 0 Å². The van der Waals surface area contributed by atoms with E-state index >= 15 is 0 Å². The third-order valence-electron chi connectivity index (χ3n) is 3.14. The van der Waals surface area contributed by atoms with Crippen molar-refractivity contribution in [1.82, 2.24) is 5.32 Å².